The fourth-order valence-electron chi connectivity index (χ4n) is 4.88. The van der Waals surface area contributed by atoms with E-state index >= 15 is 0 Å². The number of hydrogen-bond acceptors (Lipinski definition) is 6. The number of aryl methyl sites for hydroxylation is 2. The number of amides is 2. The maximum Gasteiger partial charge on any atom is 0.277 e. The molecule has 7 nitrogen and oxygen atoms in total. The molecule has 2 saturated heterocycles. The fourth-order valence-corrected chi connectivity index (χ4v) is 4.88. The van der Waals surface area contributed by atoms with E-state index < -0.39 is 0 Å². The van der Waals surface area contributed by atoms with Gasteiger partial charge in [-0.3, -0.25) is 19.4 Å². The minimum absolute atomic E-state index is 0.103. The monoisotopic (exact) mass is 427 g/mol. The number of imide groups is 1. The molecule has 7 heteroatoms. The van der Waals surface area contributed by atoms with E-state index in [2.05, 4.69) is 11.0 Å². The Balaban J connectivity index is 1.65. The zero-order chi connectivity index (χ0) is 22.0. The van der Waals surface area contributed by atoms with Crippen molar-refractivity contribution in [1.29, 1.82) is 0 Å². The molecule has 0 radical (unpaired) electrons. The van der Waals surface area contributed by atoms with Crippen LogP contribution in [0.5, 0.6) is 0 Å². The van der Waals surface area contributed by atoms with Crippen molar-refractivity contribution < 1.29 is 19.4 Å². The van der Waals surface area contributed by atoms with Crippen molar-refractivity contribution in [3.63, 3.8) is 0 Å². The van der Waals surface area contributed by atoms with Crippen molar-refractivity contribution in [2.75, 3.05) is 59.1 Å². The van der Waals surface area contributed by atoms with Gasteiger partial charge in [0.25, 0.3) is 11.8 Å². The van der Waals surface area contributed by atoms with Crippen molar-refractivity contribution in [2.24, 2.45) is 5.92 Å². The molecule has 3 aliphatic heterocycles. The second kappa shape index (κ2) is 9.51. The van der Waals surface area contributed by atoms with Gasteiger partial charge in [-0.25, -0.2) is 0 Å². The standard InChI is InChI=1S/C24H33N3O4/c1-17-5-6-20(18(2)14-17)21-22(26-7-3-4-19(15-26)16-28)24(30)27(23(21)29)9-8-25-10-12-31-13-11-25/h5-6,14,19,28H,3-4,7-13,15-16H2,1-2H3. The summed E-state index contributed by atoms with van der Waals surface area (Å²) in [5, 5.41) is 9.69. The molecule has 0 aliphatic carbocycles. The van der Waals surface area contributed by atoms with Gasteiger partial charge in [0.1, 0.15) is 5.70 Å². The Bertz CT molecular complexity index is 876. The summed E-state index contributed by atoms with van der Waals surface area (Å²) in [6.07, 6.45) is 1.85. The van der Waals surface area contributed by atoms with E-state index in [4.69, 9.17) is 4.74 Å². The Morgan fingerprint density at radius 1 is 1.06 bits per heavy atom. The van der Waals surface area contributed by atoms with Crippen LogP contribution in [0.15, 0.2) is 23.9 Å². The maximum absolute atomic E-state index is 13.6. The van der Waals surface area contributed by atoms with Crippen molar-refractivity contribution in [1.82, 2.24) is 14.7 Å². The molecule has 0 spiro atoms. The Labute approximate surface area is 184 Å². The first-order valence-electron chi connectivity index (χ1n) is 11.3. The van der Waals surface area contributed by atoms with E-state index in [0.717, 1.165) is 49.2 Å². The van der Waals surface area contributed by atoms with Crippen LogP contribution in [0.25, 0.3) is 5.57 Å². The highest BCUT2D eigenvalue weighted by molar-refractivity contribution is 6.35. The predicted molar refractivity (Wildman–Crippen MR) is 118 cm³/mol. The first-order chi connectivity index (χ1) is 15.0. The van der Waals surface area contributed by atoms with Crippen molar-refractivity contribution >= 4 is 17.4 Å². The zero-order valence-corrected chi connectivity index (χ0v) is 18.6. The number of morpholine rings is 1. The second-order valence-electron chi connectivity index (χ2n) is 8.89. The smallest absolute Gasteiger partial charge is 0.277 e. The van der Waals surface area contributed by atoms with Gasteiger partial charge in [-0.15, -0.1) is 0 Å². The SMILES string of the molecule is Cc1ccc(C2=C(N3CCCC(CO)C3)C(=O)N(CCN3CCOCC3)C2=O)c(C)c1. The molecule has 0 aromatic heterocycles. The third-order valence-corrected chi connectivity index (χ3v) is 6.63. The number of ether oxygens (including phenoxy) is 1. The van der Waals surface area contributed by atoms with Gasteiger partial charge in [0, 0.05) is 45.9 Å². The molecular weight excluding hydrogens is 394 g/mol. The van der Waals surface area contributed by atoms with E-state index in [1.807, 2.05) is 30.9 Å². The largest absolute Gasteiger partial charge is 0.396 e. The molecule has 1 aromatic rings. The molecule has 1 atom stereocenters. The highest BCUT2D eigenvalue weighted by atomic mass is 16.5. The van der Waals surface area contributed by atoms with Crippen LogP contribution in [0.3, 0.4) is 0 Å². The first kappa shape index (κ1) is 22.0. The summed E-state index contributed by atoms with van der Waals surface area (Å²) in [7, 11) is 0. The van der Waals surface area contributed by atoms with E-state index in [1.165, 1.54) is 4.90 Å². The number of benzene rings is 1. The second-order valence-corrected chi connectivity index (χ2v) is 8.89. The van der Waals surface area contributed by atoms with E-state index in [0.29, 0.717) is 44.1 Å². The molecule has 4 rings (SSSR count). The van der Waals surface area contributed by atoms with Crippen LogP contribution in [0.4, 0.5) is 0 Å². The summed E-state index contributed by atoms with van der Waals surface area (Å²) in [5.74, 6) is -0.273. The molecule has 0 saturated carbocycles. The number of rotatable bonds is 6. The average molecular weight is 428 g/mol. The molecule has 31 heavy (non-hydrogen) atoms. The summed E-state index contributed by atoms with van der Waals surface area (Å²) in [6, 6.07) is 6.01. The quantitative estimate of drug-likeness (QED) is 0.693. The van der Waals surface area contributed by atoms with Crippen molar-refractivity contribution in [3.05, 3.63) is 40.6 Å². The van der Waals surface area contributed by atoms with Gasteiger partial charge in [0.05, 0.1) is 18.8 Å². The van der Waals surface area contributed by atoms with Crippen LogP contribution in [0.1, 0.15) is 29.5 Å². The maximum atomic E-state index is 13.6. The van der Waals surface area contributed by atoms with Gasteiger partial charge in [-0.2, -0.15) is 0 Å². The topological polar surface area (TPSA) is 73.3 Å². The number of aliphatic hydroxyl groups is 1. The van der Waals surface area contributed by atoms with E-state index in [-0.39, 0.29) is 24.3 Å². The van der Waals surface area contributed by atoms with E-state index in [9.17, 15) is 14.7 Å². The summed E-state index contributed by atoms with van der Waals surface area (Å²) >= 11 is 0. The molecule has 3 heterocycles. The fraction of sp³-hybridized carbons (Fsp3) is 0.583. The minimum Gasteiger partial charge on any atom is -0.396 e. The van der Waals surface area contributed by atoms with Gasteiger partial charge < -0.3 is 14.7 Å². The normalized spacial score (nSPS) is 23.3. The summed E-state index contributed by atoms with van der Waals surface area (Å²) in [5.41, 5.74) is 3.99. The van der Waals surface area contributed by atoms with Crippen LogP contribution < -0.4 is 0 Å². The third-order valence-electron chi connectivity index (χ3n) is 6.63. The molecule has 3 aliphatic rings. The predicted octanol–water partition coefficient (Wildman–Crippen LogP) is 1.42. The summed E-state index contributed by atoms with van der Waals surface area (Å²) < 4.78 is 5.40. The van der Waals surface area contributed by atoms with Crippen molar-refractivity contribution in [3.8, 4) is 0 Å². The molecule has 2 amide bonds. The van der Waals surface area contributed by atoms with E-state index in [1.54, 1.807) is 0 Å². The average Bonchev–Trinajstić information content (AvgIpc) is 3.02. The number of aliphatic hydroxyl groups excluding tert-OH is 1. The Morgan fingerprint density at radius 3 is 2.55 bits per heavy atom. The minimum atomic E-state index is -0.202. The lowest BCUT2D eigenvalue weighted by atomic mass is 9.95. The number of nitrogens with zero attached hydrogens (tertiary/aromatic N) is 3. The van der Waals surface area contributed by atoms with Crippen LogP contribution in [-0.4, -0.2) is 90.7 Å². The molecule has 2 fully saturated rings. The first-order valence-corrected chi connectivity index (χ1v) is 11.3. The molecule has 0 bridgehead atoms. The summed E-state index contributed by atoms with van der Waals surface area (Å²) in [4.78, 5) is 32.8. The highest BCUT2D eigenvalue weighted by Crippen LogP contribution is 2.35. The lowest BCUT2D eigenvalue weighted by molar-refractivity contribution is -0.138. The number of likely N-dealkylation sites (tertiary alicyclic amines) is 1. The van der Waals surface area contributed by atoms with Gasteiger partial charge >= 0.3 is 0 Å². The highest BCUT2D eigenvalue weighted by Gasteiger charge is 2.42. The number of carbonyl (C=O) groups is 2. The molecule has 168 valence electrons. The van der Waals surface area contributed by atoms with Gasteiger partial charge in [0.15, 0.2) is 0 Å². The Hall–Kier alpha value is -2.22. The Morgan fingerprint density at radius 2 is 1.84 bits per heavy atom. The van der Waals surface area contributed by atoms with Gasteiger partial charge in [-0.1, -0.05) is 23.8 Å². The van der Waals surface area contributed by atoms with Crippen LogP contribution in [0, 0.1) is 19.8 Å². The number of hydrogen-bond donors (Lipinski definition) is 1. The third kappa shape index (κ3) is 4.54. The van der Waals surface area contributed by atoms with Crippen LogP contribution >= 0.6 is 0 Å². The van der Waals surface area contributed by atoms with Crippen LogP contribution in [-0.2, 0) is 14.3 Å². The van der Waals surface area contributed by atoms with Crippen LogP contribution in [0.2, 0.25) is 0 Å². The lowest BCUT2D eigenvalue weighted by Gasteiger charge is -2.34. The number of carbonyl (C=O) groups excluding carboxylic acids is 2. The lowest BCUT2D eigenvalue weighted by Crippen LogP contribution is -2.45. The molecular formula is C24H33N3O4. The zero-order valence-electron chi connectivity index (χ0n) is 18.6. The molecule has 1 aromatic carbocycles. The summed E-state index contributed by atoms with van der Waals surface area (Å²) in [6.45, 7) is 9.53. The number of piperidine rings is 1. The Kier molecular flexibility index (Phi) is 6.74. The molecule has 1 N–H and O–H groups in total. The van der Waals surface area contributed by atoms with Gasteiger partial charge in [-0.05, 0) is 43.7 Å². The van der Waals surface area contributed by atoms with Crippen molar-refractivity contribution in [2.45, 2.75) is 26.7 Å². The van der Waals surface area contributed by atoms with Gasteiger partial charge in [0.2, 0.25) is 0 Å². The molecule has 1 unspecified atom stereocenters.